The number of aliphatic hydroxyl groups excluding tert-OH is 1. The fraction of sp³-hybridized carbons (Fsp3) is 0.533. The third-order valence-electron chi connectivity index (χ3n) is 3.53. The molecular weight excluding hydrogens is 210 g/mol. The molecule has 1 aliphatic rings. The van der Waals surface area contributed by atoms with E-state index in [4.69, 9.17) is 0 Å². The van der Waals surface area contributed by atoms with Crippen LogP contribution < -0.4 is 0 Å². The maximum atomic E-state index is 9.83. The minimum atomic E-state index is -0.140. The molecule has 0 bridgehead atoms. The van der Waals surface area contributed by atoms with E-state index in [9.17, 15) is 5.11 Å². The molecule has 0 unspecified atom stereocenters. The number of aliphatic imine (C=N–C) groups is 1. The number of benzene rings is 1. The molecule has 0 aliphatic heterocycles. The van der Waals surface area contributed by atoms with Crippen LogP contribution in [0.2, 0.25) is 0 Å². The number of aryl methyl sites for hydroxylation is 1. The Morgan fingerprint density at radius 1 is 1.24 bits per heavy atom. The molecule has 17 heavy (non-hydrogen) atoms. The van der Waals surface area contributed by atoms with E-state index in [-0.39, 0.29) is 6.10 Å². The highest BCUT2D eigenvalue weighted by atomic mass is 16.3. The predicted octanol–water partition coefficient (Wildman–Crippen LogP) is 2.97. The lowest BCUT2D eigenvalue weighted by Crippen LogP contribution is -2.26. The lowest BCUT2D eigenvalue weighted by Gasteiger charge is -2.25. The quantitative estimate of drug-likeness (QED) is 0.797. The van der Waals surface area contributed by atoms with Crippen LogP contribution in [0.4, 0.5) is 0 Å². The maximum absolute atomic E-state index is 9.83. The van der Waals surface area contributed by atoms with Crippen LogP contribution in [-0.4, -0.2) is 24.0 Å². The van der Waals surface area contributed by atoms with Gasteiger partial charge in [-0.2, -0.15) is 0 Å². The highest BCUT2D eigenvalue weighted by Crippen LogP contribution is 2.24. The standard InChI is InChI=1S/C15H21NO/c1-12-6-8-13(9-7-12)10-16-11-14-4-2-3-5-15(14)17/h6-10,14-15,17H,2-5,11H2,1H3/t14-,15+/m1/s1. The molecule has 2 heteroatoms. The van der Waals surface area contributed by atoms with Gasteiger partial charge in [-0.05, 0) is 25.3 Å². The van der Waals surface area contributed by atoms with Gasteiger partial charge in [0.25, 0.3) is 0 Å². The SMILES string of the molecule is Cc1ccc(C=NC[C@H]2CCCC[C@@H]2O)cc1. The normalized spacial score (nSPS) is 25.3. The van der Waals surface area contributed by atoms with Gasteiger partial charge in [0.15, 0.2) is 0 Å². The number of hydrogen-bond donors (Lipinski definition) is 1. The minimum absolute atomic E-state index is 0.140. The number of hydrogen-bond acceptors (Lipinski definition) is 2. The van der Waals surface area contributed by atoms with Crippen molar-refractivity contribution in [2.45, 2.75) is 38.7 Å². The van der Waals surface area contributed by atoms with Crippen LogP contribution in [0, 0.1) is 12.8 Å². The molecule has 2 nitrogen and oxygen atoms in total. The van der Waals surface area contributed by atoms with Gasteiger partial charge in [0.1, 0.15) is 0 Å². The molecule has 1 aromatic carbocycles. The monoisotopic (exact) mass is 231 g/mol. The Morgan fingerprint density at radius 2 is 1.94 bits per heavy atom. The van der Waals surface area contributed by atoms with E-state index in [2.05, 4.69) is 36.2 Å². The van der Waals surface area contributed by atoms with E-state index in [1.165, 1.54) is 18.4 Å². The van der Waals surface area contributed by atoms with Gasteiger partial charge in [0.2, 0.25) is 0 Å². The first kappa shape index (κ1) is 12.3. The van der Waals surface area contributed by atoms with Crippen molar-refractivity contribution >= 4 is 6.21 Å². The molecular formula is C15H21NO. The molecule has 0 saturated heterocycles. The zero-order valence-electron chi connectivity index (χ0n) is 10.5. The van der Waals surface area contributed by atoms with Crippen molar-refractivity contribution < 1.29 is 5.11 Å². The molecule has 2 rings (SSSR count). The van der Waals surface area contributed by atoms with Gasteiger partial charge in [0.05, 0.1) is 6.10 Å². The van der Waals surface area contributed by atoms with E-state index < -0.39 is 0 Å². The second-order valence-corrected chi connectivity index (χ2v) is 5.02. The predicted molar refractivity (Wildman–Crippen MR) is 71.6 cm³/mol. The maximum Gasteiger partial charge on any atom is 0.0586 e. The summed E-state index contributed by atoms with van der Waals surface area (Å²) in [6.45, 7) is 2.84. The Kier molecular flexibility index (Phi) is 4.32. The summed E-state index contributed by atoms with van der Waals surface area (Å²) in [7, 11) is 0. The molecule has 0 aromatic heterocycles. The fourth-order valence-electron chi connectivity index (χ4n) is 2.35. The average Bonchev–Trinajstić information content (AvgIpc) is 2.34. The van der Waals surface area contributed by atoms with Crippen molar-refractivity contribution in [3.63, 3.8) is 0 Å². The average molecular weight is 231 g/mol. The summed E-state index contributed by atoms with van der Waals surface area (Å²) in [6.07, 6.45) is 6.25. The molecule has 2 atom stereocenters. The first-order chi connectivity index (χ1) is 8.25. The van der Waals surface area contributed by atoms with Crippen molar-refractivity contribution in [1.29, 1.82) is 0 Å². The van der Waals surface area contributed by atoms with Crippen LogP contribution in [0.5, 0.6) is 0 Å². The van der Waals surface area contributed by atoms with Gasteiger partial charge < -0.3 is 5.11 Å². The van der Waals surface area contributed by atoms with Crippen LogP contribution in [0.3, 0.4) is 0 Å². The van der Waals surface area contributed by atoms with Crippen LogP contribution in [0.25, 0.3) is 0 Å². The molecule has 1 saturated carbocycles. The molecule has 0 heterocycles. The molecule has 0 amide bonds. The third-order valence-corrected chi connectivity index (χ3v) is 3.53. The van der Waals surface area contributed by atoms with Gasteiger partial charge in [-0.25, -0.2) is 0 Å². The smallest absolute Gasteiger partial charge is 0.0586 e. The van der Waals surface area contributed by atoms with Crippen molar-refractivity contribution in [2.75, 3.05) is 6.54 Å². The molecule has 1 aromatic rings. The van der Waals surface area contributed by atoms with Crippen molar-refractivity contribution in [3.05, 3.63) is 35.4 Å². The second kappa shape index (κ2) is 5.97. The Labute approximate surface area is 103 Å². The highest BCUT2D eigenvalue weighted by Gasteiger charge is 2.21. The Hall–Kier alpha value is -1.15. The van der Waals surface area contributed by atoms with Crippen LogP contribution in [-0.2, 0) is 0 Å². The van der Waals surface area contributed by atoms with Crippen LogP contribution >= 0.6 is 0 Å². The van der Waals surface area contributed by atoms with Crippen LogP contribution in [0.1, 0.15) is 36.8 Å². The zero-order valence-corrected chi connectivity index (χ0v) is 10.5. The van der Waals surface area contributed by atoms with E-state index in [1.54, 1.807) is 0 Å². The van der Waals surface area contributed by atoms with Crippen LogP contribution in [0.15, 0.2) is 29.3 Å². The molecule has 92 valence electrons. The second-order valence-electron chi connectivity index (χ2n) is 5.02. The summed E-state index contributed by atoms with van der Waals surface area (Å²) < 4.78 is 0. The summed E-state index contributed by atoms with van der Waals surface area (Å²) in [4.78, 5) is 4.46. The van der Waals surface area contributed by atoms with Crippen molar-refractivity contribution in [1.82, 2.24) is 0 Å². The molecule has 0 spiro atoms. The van der Waals surface area contributed by atoms with Gasteiger partial charge in [-0.1, -0.05) is 42.7 Å². The summed E-state index contributed by atoms with van der Waals surface area (Å²) in [6, 6.07) is 8.35. The minimum Gasteiger partial charge on any atom is -0.393 e. The lowest BCUT2D eigenvalue weighted by atomic mass is 9.87. The molecule has 1 fully saturated rings. The Balaban J connectivity index is 1.86. The number of rotatable bonds is 3. The van der Waals surface area contributed by atoms with Crippen molar-refractivity contribution in [3.8, 4) is 0 Å². The lowest BCUT2D eigenvalue weighted by molar-refractivity contribution is 0.0746. The van der Waals surface area contributed by atoms with Gasteiger partial charge in [-0.3, -0.25) is 4.99 Å². The Bertz CT molecular complexity index is 369. The van der Waals surface area contributed by atoms with E-state index in [0.717, 1.165) is 24.9 Å². The van der Waals surface area contributed by atoms with Gasteiger partial charge in [0, 0.05) is 18.7 Å². The highest BCUT2D eigenvalue weighted by molar-refractivity contribution is 5.79. The summed E-state index contributed by atoms with van der Waals surface area (Å²) in [5.74, 6) is 0.366. The summed E-state index contributed by atoms with van der Waals surface area (Å²) in [5.41, 5.74) is 2.41. The summed E-state index contributed by atoms with van der Waals surface area (Å²) >= 11 is 0. The number of nitrogens with zero attached hydrogens (tertiary/aromatic N) is 1. The van der Waals surface area contributed by atoms with E-state index in [0.29, 0.717) is 5.92 Å². The topological polar surface area (TPSA) is 32.6 Å². The number of aliphatic hydroxyl groups is 1. The largest absolute Gasteiger partial charge is 0.393 e. The van der Waals surface area contributed by atoms with Gasteiger partial charge >= 0.3 is 0 Å². The Morgan fingerprint density at radius 3 is 2.65 bits per heavy atom. The first-order valence-corrected chi connectivity index (χ1v) is 6.50. The van der Waals surface area contributed by atoms with E-state index >= 15 is 0 Å². The first-order valence-electron chi connectivity index (χ1n) is 6.50. The third kappa shape index (κ3) is 3.67. The zero-order chi connectivity index (χ0) is 12.1. The van der Waals surface area contributed by atoms with Crippen molar-refractivity contribution in [2.24, 2.45) is 10.9 Å². The molecule has 0 radical (unpaired) electrons. The molecule has 1 aliphatic carbocycles. The molecule has 1 N–H and O–H groups in total. The fourth-order valence-corrected chi connectivity index (χ4v) is 2.35. The summed E-state index contributed by atoms with van der Waals surface area (Å²) in [5, 5.41) is 9.83. The van der Waals surface area contributed by atoms with Gasteiger partial charge in [-0.15, -0.1) is 0 Å². The van der Waals surface area contributed by atoms with E-state index in [1.807, 2.05) is 6.21 Å².